The summed E-state index contributed by atoms with van der Waals surface area (Å²) in [6, 6.07) is 4.30. The minimum absolute atomic E-state index is 0.532. The summed E-state index contributed by atoms with van der Waals surface area (Å²) in [5.74, 6) is 0.532. The van der Waals surface area contributed by atoms with Crippen molar-refractivity contribution in [2.24, 2.45) is 0 Å². The van der Waals surface area contributed by atoms with E-state index in [-0.39, 0.29) is 0 Å². The van der Waals surface area contributed by atoms with Gasteiger partial charge in [-0.05, 0) is 37.5 Å². The first-order chi connectivity index (χ1) is 7.59. The fourth-order valence-corrected chi connectivity index (χ4v) is 2.14. The van der Waals surface area contributed by atoms with Gasteiger partial charge in [-0.2, -0.15) is 0 Å². The molecule has 0 amide bonds. The van der Waals surface area contributed by atoms with Gasteiger partial charge in [-0.25, -0.2) is 9.97 Å². The molecule has 1 heterocycles. The number of nitrogen functional groups attached to an aromatic ring is 1. The molecule has 1 aromatic heterocycles. The first kappa shape index (κ1) is 10.6. The van der Waals surface area contributed by atoms with E-state index in [1.807, 2.05) is 0 Å². The first-order valence-corrected chi connectivity index (χ1v) is 5.23. The predicted molar refractivity (Wildman–Crippen MR) is 66.1 cm³/mol. The van der Waals surface area contributed by atoms with Crippen LogP contribution in [0.1, 0.15) is 16.7 Å². The molecule has 0 bridgehead atoms. The minimum atomic E-state index is 0.532. The summed E-state index contributed by atoms with van der Waals surface area (Å²) in [6.07, 6.45) is 3.24. The Morgan fingerprint density at radius 2 is 1.69 bits per heavy atom. The van der Waals surface area contributed by atoms with Crippen molar-refractivity contribution in [1.82, 2.24) is 9.97 Å². The van der Waals surface area contributed by atoms with Crippen molar-refractivity contribution in [3.05, 3.63) is 41.3 Å². The van der Waals surface area contributed by atoms with Gasteiger partial charge in [-0.1, -0.05) is 17.7 Å². The molecule has 1 aromatic carbocycles. The lowest BCUT2D eigenvalue weighted by molar-refractivity contribution is 1.17. The molecule has 3 heteroatoms. The van der Waals surface area contributed by atoms with Crippen LogP contribution in [0.5, 0.6) is 0 Å². The Morgan fingerprint density at radius 3 is 2.25 bits per heavy atom. The molecule has 0 atom stereocenters. The van der Waals surface area contributed by atoms with E-state index in [1.165, 1.54) is 23.0 Å². The maximum atomic E-state index is 5.88. The zero-order chi connectivity index (χ0) is 11.7. The van der Waals surface area contributed by atoms with E-state index in [0.717, 1.165) is 11.1 Å². The Labute approximate surface area is 95.4 Å². The van der Waals surface area contributed by atoms with Gasteiger partial charge < -0.3 is 5.73 Å². The number of hydrogen-bond acceptors (Lipinski definition) is 3. The van der Waals surface area contributed by atoms with Crippen LogP contribution >= 0.6 is 0 Å². The van der Waals surface area contributed by atoms with Crippen molar-refractivity contribution < 1.29 is 0 Å². The summed E-state index contributed by atoms with van der Waals surface area (Å²) >= 11 is 0. The van der Waals surface area contributed by atoms with E-state index in [4.69, 9.17) is 5.73 Å². The molecule has 16 heavy (non-hydrogen) atoms. The highest BCUT2D eigenvalue weighted by Crippen LogP contribution is 2.30. The normalized spacial score (nSPS) is 10.4. The fourth-order valence-electron chi connectivity index (χ4n) is 2.14. The van der Waals surface area contributed by atoms with E-state index >= 15 is 0 Å². The van der Waals surface area contributed by atoms with E-state index in [9.17, 15) is 0 Å². The summed E-state index contributed by atoms with van der Waals surface area (Å²) in [5.41, 5.74) is 11.6. The summed E-state index contributed by atoms with van der Waals surface area (Å²) in [7, 11) is 0. The quantitative estimate of drug-likeness (QED) is 0.792. The van der Waals surface area contributed by atoms with E-state index in [2.05, 4.69) is 42.9 Å². The third-order valence-corrected chi connectivity index (χ3v) is 2.69. The topological polar surface area (TPSA) is 51.8 Å². The van der Waals surface area contributed by atoms with Crippen molar-refractivity contribution >= 4 is 5.82 Å². The third kappa shape index (κ3) is 1.76. The van der Waals surface area contributed by atoms with Crippen LogP contribution in [0.25, 0.3) is 11.1 Å². The Kier molecular flexibility index (Phi) is 2.60. The summed E-state index contributed by atoms with van der Waals surface area (Å²) in [4.78, 5) is 8.06. The number of nitrogens with two attached hydrogens (primary N) is 1. The summed E-state index contributed by atoms with van der Waals surface area (Å²) < 4.78 is 0. The lowest BCUT2D eigenvalue weighted by Crippen LogP contribution is -1.98. The molecule has 2 aromatic rings. The zero-order valence-electron chi connectivity index (χ0n) is 9.78. The van der Waals surface area contributed by atoms with Crippen LogP contribution in [0.15, 0.2) is 24.7 Å². The van der Waals surface area contributed by atoms with Gasteiger partial charge in [0.15, 0.2) is 0 Å². The molecule has 82 valence electrons. The monoisotopic (exact) mass is 213 g/mol. The lowest BCUT2D eigenvalue weighted by atomic mass is 9.95. The number of rotatable bonds is 1. The predicted octanol–water partition coefficient (Wildman–Crippen LogP) is 2.65. The molecule has 0 aliphatic carbocycles. The van der Waals surface area contributed by atoms with Crippen molar-refractivity contribution in [1.29, 1.82) is 0 Å². The van der Waals surface area contributed by atoms with E-state index in [0.29, 0.717) is 5.82 Å². The van der Waals surface area contributed by atoms with Gasteiger partial charge >= 0.3 is 0 Å². The number of hydrogen-bond donors (Lipinski definition) is 1. The van der Waals surface area contributed by atoms with Gasteiger partial charge in [0.2, 0.25) is 0 Å². The van der Waals surface area contributed by atoms with Crippen molar-refractivity contribution in [3.63, 3.8) is 0 Å². The number of aryl methyl sites for hydroxylation is 3. The van der Waals surface area contributed by atoms with Crippen LogP contribution in [0.4, 0.5) is 5.82 Å². The van der Waals surface area contributed by atoms with Crippen LogP contribution in [0.2, 0.25) is 0 Å². The average molecular weight is 213 g/mol. The highest BCUT2D eigenvalue weighted by Gasteiger charge is 2.10. The van der Waals surface area contributed by atoms with Gasteiger partial charge in [0.05, 0.1) is 0 Å². The van der Waals surface area contributed by atoms with Crippen LogP contribution < -0.4 is 5.73 Å². The average Bonchev–Trinajstić information content (AvgIpc) is 2.19. The molecule has 0 saturated carbocycles. The van der Waals surface area contributed by atoms with Crippen molar-refractivity contribution in [2.45, 2.75) is 20.8 Å². The lowest BCUT2D eigenvalue weighted by Gasteiger charge is -2.12. The molecular formula is C13H15N3. The van der Waals surface area contributed by atoms with Crippen LogP contribution in [0.3, 0.4) is 0 Å². The largest absolute Gasteiger partial charge is 0.383 e. The standard InChI is InChI=1S/C13H15N3/c1-8-4-9(2)12(10(3)5-8)11-6-15-7-16-13(11)14/h4-7H,1-3H3,(H2,14,15,16). The number of benzene rings is 1. The van der Waals surface area contributed by atoms with Crippen LogP contribution in [0, 0.1) is 20.8 Å². The van der Waals surface area contributed by atoms with E-state index in [1.54, 1.807) is 6.20 Å². The summed E-state index contributed by atoms with van der Waals surface area (Å²) in [6.45, 7) is 6.26. The Morgan fingerprint density at radius 1 is 1.06 bits per heavy atom. The Balaban J connectivity index is 2.70. The number of anilines is 1. The minimum Gasteiger partial charge on any atom is -0.383 e. The zero-order valence-corrected chi connectivity index (χ0v) is 9.78. The number of aromatic nitrogens is 2. The molecule has 0 aliphatic heterocycles. The number of nitrogens with zero attached hydrogens (tertiary/aromatic N) is 2. The smallest absolute Gasteiger partial charge is 0.134 e. The van der Waals surface area contributed by atoms with Gasteiger partial charge in [0.1, 0.15) is 12.1 Å². The molecule has 0 spiro atoms. The maximum absolute atomic E-state index is 5.88. The second kappa shape index (κ2) is 3.93. The Hall–Kier alpha value is -1.90. The first-order valence-electron chi connectivity index (χ1n) is 5.23. The molecular weight excluding hydrogens is 198 g/mol. The van der Waals surface area contributed by atoms with Gasteiger partial charge in [0.25, 0.3) is 0 Å². The summed E-state index contributed by atoms with van der Waals surface area (Å²) in [5, 5.41) is 0. The highest BCUT2D eigenvalue weighted by molar-refractivity contribution is 5.78. The van der Waals surface area contributed by atoms with Gasteiger partial charge in [-0.15, -0.1) is 0 Å². The molecule has 2 rings (SSSR count). The van der Waals surface area contributed by atoms with Crippen molar-refractivity contribution in [3.8, 4) is 11.1 Å². The molecule has 0 unspecified atom stereocenters. The van der Waals surface area contributed by atoms with Crippen molar-refractivity contribution in [2.75, 3.05) is 5.73 Å². The fraction of sp³-hybridized carbons (Fsp3) is 0.231. The van der Waals surface area contributed by atoms with Crippen LogP contribution in [-0.4, -0.2) is 9.97 Å². The molecule has 0 radical (unpaired) electrons. The molecule has 0 saturated heterocycles. The maximum Gasteiger partial charge on any atom is 0.134 e. The highest BCUT2D eigenvalue weighted by atomic mass is 14.9. The van der Waals surface area contributed by atoms with Gasteiger partial charge in [-0.3, -0.25) is 0 Å². The molecule has 0 aliphatic rings. The van der Waals surface area contributed by atoms with Gasteiger partial charge in [0, 0.05) is 11.8 Å². The molecule has 2 N–H and O–H groups in total. The van der Waals surface area contributed by atoms with E-state index < -0.39 is 0 Å². The third-order valence-electron chi connectivity index (χ3n) is 2.69. The SMILES string of the molecule is Cc1cc(C)c(-c2cncnc2N)c(C)c1. The second-order valence-corrected chi connectivity index (χ2v) is 4.10. The Bertz CT molecular complexity index is 509. The molecule has 3 nitrogen and oxygen atoms in total. The molecule has 0 fully saturated rings. The second-order valence-electron chi connectivity index (χ2n) is 4.10. The van der Waals surface area contributed by atoms with Crippen LogP contribution in [-0.2, 0) is 0 Å².